The summed E-state index contributed by atoms with van der Waals surface area (Å²) in [6.45, 7) is 4.56. The number of piperazine rings is 1. The lowest BCUT2D eigenvalue weighted by molar-refractivity contribution is 0.125. The van der Waals surface area contributed by atoms with E-state index < -0.39 is 6.10 Å². The van der Waals surface area contributed by atoms with Crippen molar-refractivity contribution in [3.8, 4) is 0 Å². The molecular formula is C10H16ClN3OS. The third-order valence-corrected chi connectivity index (χ3v) is 3.90. The highest BCUT2D eigenvalue weighted by Gasteiger charge is 2.19. The lowest BCUT2D eigenvalue weighted by Crippen LogP contribution is -2.48. The van der Waals surface area contributed by atoms with Gasteiger partial charge in [0.25, 0.3) is 0 Å². The number of β-amino-alcohol motifs (C(OH)–C–C–N with tert-alkyl or cyclic N) is 1. The van der Waals surface area contributed by atoms with E-state index in [1.807, 2.05) is 11.6 Å². The number of thiazole rings is 1. The second-order valence-electron chi connectivity index (χ2n) is 3.91. The third-order valence-electron chi connectivity index (χ3n) is 2.71. The average molecular weight is 262 g/mol. The van der Waals surface area contributed by atoms with Gasteiger partial charge in [0.1, 0.15) is 0 Å². The van der Waals surface area contributed by atoms with Crippen LogP contribution in [0.5, 0.6) is 0 Å². The third kappa shape index (κ3) is 3.07. The van der Waals surface area contributed by atoms with Crippen molar-refractivity contribution in [1.29, 1.82) is 0 Å². The Balaban J connectivity index is 1.78. The molecule has 1 aromatic heterocycles. The molecule has 0 saturated carbocycles. The molecule has 0 radical (unpaired) electrons. The molecule has 1 fully saturated rings. The Bertz CT molecular complexity index is 301. The first-order valence-electron chi connectivity index (χ1n) is 5.40. The van der Waals surface area contributed by atoms with Gasteiger partial charge in [-0.3, -0.25) is 4.90 Å². The van der Waals surface area contributed by atoms with Crippen LogP contribution in [0.15, 0.2) is 11.6 Å². The van der Waals surface area contributed by atoms with E-state index in [1.165, 1.54) is 0 Å². The minimum atomic E-state index is -0.409. The van der Waals surface area contributed by atoms with E-state index in [4.69, 9.17) is 11.6 Å². The molecule has 2 heterocycles. The molecule has 0 spiro atoms. The summed E-state index contributed by atoms with van der Waals surface area (Å²) in [6, 6.07) is 0. The first-order chi connectivity index (χ1) is 7.79. The number of hydrogen-bond donors (Lipinski definition) is 1. The number of alkyl halides is 1. The zero-order valence-corrected chi connectivity index (χ0v) is 10.6. The molecule has 4 nitrogen and oxygen atoms in total. The zero-order chi connectivity index (χ0) is 11.4. The highest BCUT2D eigenvalue weighted by molar-refractivity contribution is 7.13. The van der Waals surface area contributed by atoms with E-state index in [0.717, 1.165) is 31.3 Å². The summed E-state index contributed by atoms with van der Waals surface area (Å²) in [5.74, 6) is 0.312. The standard InChI is InChI=1S/C10H16ClN3OS/c11-7-9(15)8-13-2-4-14(5-3-13)10-12-1-6-16-10/h1,6,9,15H,2-5,7-8H2. The molecule has 1 N–H and O–H groups in total. The number of rotatable bonds is 4. The first kappa shape index (κ1) is 12.1. The van der Waals surface area contributed by atoms with Crippen molar-refractivity contribution in [1.82, 2.24) is 9.88 Å². The number of aliphatic hydroxyl groups is 1. The van der Waals surface area contributed by atoms with Gasteiger partial charge in [0.15, 0.2) is 5.13 Å². The monoisotopic (exact) mass is 261 g/mol. The number of hydrogen-bond acceptors (Lipinski definition) is 5. The molecule has 90 valence electrons. The van der Waals surface area contributed by atoms with Gasteiger partial charge in [-0.1, -0.05) is 0 Å². The quantitative estimate of drug-likeness (QED) is 0.817. The van der Waals surface area contributed by atoms with Crippen molar-refractivity contribution in [2.45, 2.75) is 6.10 Å². The maximum absolute atomic E-state index is 9.46. The minimum absolute atomic E-state index is 0.312. The van der Waals surface area contributed by atoms with Crippen LogP contribution in [0.2, 0.25) is 0 Å². The maximum atomic E-state index is 9.46. The fraction of sp³-hybridized carbons (Fsp3) is 0.700. The van der Waals surface area contributed by atoms with E-state index in [9.17, 15) is 5.11 Å². The number of anilines is 1. The predicted molar refractivity (Wildman–Crippen MR) is 67.5 cm³/mol. The van der Waals surface area contributed by atoms with Crippen LogP contribution < -0.4 is 4.90 Å². The van der Waals surface area contributed by atoms with Crippen molar-refractivity contribution in [3.05, 3.63) is 11.6 Å². The Kier molecular flexibility index (Phi) is 4.40. The van der Waals surface area contributed by atoms with Crippen LogP contribution in [0.1, 0.15) is 0 Å². The van der Waals surface area contributed by atoms with Crippen LogP contribution in [0, 0.1) is 0 Å². The van der Waals surface area contributed by atoms with Crippen LogP contribution in [0.4, 0.5) is 5.13 Å². The number of aliphatic hydroxyl groups excluding tert-OH is 1. The summed E-state index contributed by atoms with van der Waals surface area (Å²) < 4.78 is 0. The first-order valence-corrected chi connectivity index (χ1v) is 6.82. The molecule has 1 aromatic rings. The van der Waals surface area contributed by atoms with Gasteiger partial charge in [0.05, 0.1) is 6.10 Å². The minimum Gasteiger partial charge on any atom is -0.391 e. The van der Waals surface area contributed by atoms with E-state index in [0.29, 0.717) is 12.4 Å². The molecule has 0 aliphatic carbocycles. The van der Waals surface area contributed by atoms with Crippen molar-refractivity contribution in [2.75, 3.05) is 43.5 Å². The fourth-order valence-electron chi connectivity index (χ4n) is 1.84. The summed E-state index contributed by atoms with van der Waals surface area (Å²) in [5.41, 5.74) is 0. The van der Waals surface area contributed by atoms with Gasteiger partial charge >= 0.3 is 0 Å². The largest absolute Gasteiger partial charge is 0.391 e. The van der Waals surface area contributed by atoms with E-state index in [1.54, 1.807) is 11.3 Å². The van der Waals surface area contributed by atoms with Crippen LogP contribution >= 0.6 is 22.9 Å². The molecule has 1 saturated heterocycles. The molecule has 1 unspecified atom stereocenters. The maximum Gasteiger partial charge on any atom is 0.185 e. The van der Waals surface area contributed by atoms with Gasteiger partial charge in [0, 0.05) is 50.2 Å². The predicted octanol–water partition coefficient (Wildman–Crippen LogP) is 0.865. The van der Waals surface area contributed by atoms with Crippen LogP contribution in [-0.2, 0) is 0 Å². The summed E-state index contributed by atoms with van der Waals surface area (Å²) in [4.78, 5) is 8.83. The van der Waals surface area contributed by atoms with Crippen LogP contribution in [0.3, 0.4) is 0 Å². The van der Waals surface area contributed by atoms with Gasteiger partial charge in [0.2, 0.25) is 0 Å². The van der Waals surface area contributed by atoms with Gasteiger partial charge < -0.3 is 10.0 Å². The Morgan fingerprint density at radius 1 is 1.44 bits per heavy atom. The molecule has 0 amide bonds. The van der Waals surface area contributed by atoms with E-state index in [2.05, 4.69) is 14.8 Å². The van der Waals surface area contributed by atoms with Gasteiger partial charge in [-0.2, -0.15) is 0 Å². The van der Waals surface area contributed by atoms with Crippen molar-refractivity contribution in [2.24, 2.45) is 0 Å². The molecular weight excluding hydrogens is 246 g/mol. The number of nitrogens with zero attached hydrogens (tertiary/aromatic N) is 3. The summed E-state index contributed by atoms with van der Waals surface area (Å²) >= 11 is 7.26. The fourth-order valence-corrected chi connectivity index (χ4v) is 2.64. The Morgan fingerprint density at radius 3 is 2.75 bits per heavy atom. The molecule has 1 aliphatic rings. The smallest absolute Gasteiger partial charge is 0.185 e. The molecule has 2 rings (SSSR count). The highest BCUT2D eigenvalue weighted by Crippen LogP contribution is 2.18. The Hall–Kier alpha value is -0.360. The van der Waals surface area contributed by atoms with E-state index >= 15 is 0 Å². The van der Waals surface area contributed by atoms with Crippen molar-refractivity contribution >= 4 is 28.1 Å². The lowest BCUT2D eigenvalue weighted by Gasteiger charge is -2.35. The van der Waals surface area contributed by atoms with Crippen LogP contribution in [0.25, 0.3) is 0 Å². The topological polar surface area (TPSA) is 39.6 Å². The van der Waals surface area contributed by atoms with Gasteiger partial charge in [-0.15, -0.1) is 22.9 Å². The average Bonchev–Trinajstić information content (AvgIpc) is 2.83. The van der Waals surface area contributed by atoms with Crippen molar-refractivity contribution < 1.29 is 5.11 Å². The van der Waals surface area contributed by atoms with Crippen molar-refractivity contribution in [3.63, 3.8) is 0 Å². The Labute approximate surface area is 104 Å². The second kappa shape index (κ2) is 5.82. The van der Waals surface area contributed by atoms with Gasteiger partial charge in [-0.05, 0) is 0 Å². The Morgan fingerprint density at radius 2 is 2.19 bits per heavy atom. The molecule has 16 heavy (non-hydrogen) atoms. The normalized spacial score (nSPS) is 20.0. The molecule has 1 atom stereocenters. The van der Waals surface area contributed by atoms with Crippen LogP contribution in [-0.4, -0.2) is 59.7 Å². The molecule has 0 aromatic carbocycles. The molecule has 6 heteroatoms. The molecule has 1 aliphatic heterocycles. The van der Waals surface area contributed by atoms with E-state index in [-0.39, 0.29) is 0 Å². The highest BCUT2D eigenvalue weighted by atomic mass is 35.5. The summed E-state index contributed by atoms with van der Waals surface area (Å²) in [6.07, 6.45) is 1.43. The summed E-state index contributed by atoms with van der Waals surface area (Å²) in [5, 5.41) is 12.6. The zero-order valence-electron chi connectivity index (χ0n) is 9.05. The van der Waals surface area contributed by atoms with Gasteiger partial charge in [-0.25, -0.2) is 4.98 Å². The SMILES string of the molecule is OC(CCl)CN1CCN(c2nccs2)CC1. The summed E-state index contributed by atoms with van der Waals surface area (Å²) in [7, 11) is 0. The second-order valence-corrected chi connectivity index (χ2v) is 5.09. The number of aromatic nitrogens is 1. The molecule has 0 bridgehead atoms. The number of halogens is 1. The lowest BCUT2D eigenvalue weighted by atomic mass is 10.3.